The van der Waals surface area contributed by atoms with E-state index in [1.165, 1.54) is 6.07 Å². The first-order valence-corrected chi connectivity index (χ1v) is 7.05. The van der Waals surface area contributed by atoms with Gasteiger partial charge in [0.05, 0.1) is 12.1 Å². The second-order valence-corrected chi connectivity index (χ2v) is 5.36. The molecule has 22 heavy (non-hydrogen) atoms. The molecule has 2 aromatic carbocycles. The number of hydrogen-bond acceptors (Lipinski definition) is 3. The van der Waals surface area contributed by atoms with Gasteiger partial charge in [-0.15, -0.1) is 0 Å². The second kappa shape index (κ2) is 5.66. The summed E-state index contributed by atoms with van der Waals surface area (Å²) in [4.78, 5) is 25.7. The summed E-state index contributed by atoms with van der Waals surface area (Å²) in [6.45, 7) is 0. The third-order valence-electron chi connectivity index (χ3n) is 3.40. The van der Waals surface area contributed by atoms with Crippen LogP contribution in [0.25, 0.3) is 6.08 Å². The van der Waals surface area contributed by atoms with Gasteiger partial charge < -0.3 is 5.11 Å². The summed E-state index contributed by atoms with van der Waals surface area (Å²) >= 11 is 5.91. The monoisotopic (exact) mass is 313 g/mol. The van der Waals surface area contributed by atoms with E-state index in [1.54, 1.807) is 48.5 Å². The van der Waals surface area contributed by atoms with Crippen LogP contribution in [0.15, 0.2) is 54.1 Å². The Balaban J connectivity index is 1.97. The summed E-state index contributed by atoms with van der Waals surface area (Å²) < 4.78 is 0. The number of para-hydroxylation sites is 1. The Bertz CT molecular complexity index is 798. The largest absolute Gasteiger partial charge is 0.507 e. The van der Waals surface area contributed by atoms with Gasteiger partial charge in [0.2, 0.25) is 5.91 Å². The molecule has 5 heteroatoms. The number of phenols is 1. The lowest BCUT2D eigenvalue weighted by molar-refractivity contribution is -0.120. The van der Waals surface area contributed by atoms with Gasteiger partial charge in [-0.1, -0.05) is 35.9 Å². The van der Waals surface area contributed by atoms with Gasteiger partial charge in [0.1, 0.15) is 5.75 Å². The number of rotatable bonds is 2. The number of phenolic OH excluding ortho intramolecular Hbond substituents is 1. The van der Waals surface area contributed by atoms with Crippen LogP contribution in [0.4, 0.5) is 5.69 Å². The van der Waals surface area contributed by atoms with Crippen LogP contribution in [-0.2, 0) is 9.59 Å². The molecule has 3 rings (SSSR count). The number of nitrogens with zero attached hydrogens (tertiary/aromatic N) is 1. The molecule has 0 bridgehead atoms. The average molecular weight is 314 g/mol. The summed E-state index contributed by atoms with van der Waals surface area (Å²) in [7, 11) is 0. The molecule has 0 aliphatic carbocycles. The smallest absolute Gasteiger partial charge is 0.261 e. The van der Waals surface area contributed by atoms with Gasteiger partial charge in [0, 0.05) is 16.2 Å². The van der Waals surface area contributed by atoms with Crippen molar-refractivity contribution in [2.75, 3.05) is 4.90 Å². The van der Waals surface area contributed by atoms with Crippen molar-refractivity contribution in [3.63, 3.8) is 0 Å². The second-order valence-electron chi connectivity index (χ2n) is 4.92. The first kappa shape index (κ1) is 14.4. The van der Waals surface area contributed by atoms with Crippen LogP contribution in [0.2, 0.25) is 5.02 Å². The fourth-order valence-electron chi connectivity index (χ4n) is 2.36. The van der Waals surface area contributed by atoms with E-state index in [9.17, 15) is 14.7 Å². The van der Waals surface area contributed by atoms with Crippen molar-refractivity contribution in [2.24, 2.45) is 0 Å². The average Bonchev–Trinajstić information content (AvgIpc) is 2.76. The van der Waals surface area contributed by atoms with Gasteiger partial charge in [-0.25, -0.2) is 4.90 Å². The van der Waals surface area contributed by atoms with Crippen LogP contribution in [0.1, 0.15) is 12.0 Å². The standard InChI is InChI=1S/C17H12ClNO3/c18-13-5-3-6-14(10-13)19-16(21)9-12(17(19)22)8-11-4-1-2-7-15(11)20/h1-8,10,20H,9H2/b12-8-. The van der Waals surface area contributed by atoms with Crippen LogP contribution < -0.4 is 4.90 Å². The van der Waals surface area contributed by atoms with Crippen LogP contribution in [0, 0.1) is 0 Å². The van der Waals surface area contributed by atoms with Gasteiger partial charge >= 0.3 is 0 Å². The zero-order valence-corrected chi connectivity index (χ0v) is 12.2. The number of amides is 2. The van der Waals surface area contributed by atoms with Crippen molar-refractivity contribution in [1.82, 2.24) is 0 Å². The number of benzene rings is 2. The quantitative estimate of drug-likeness (QED) is 0.683. The van der Waals surface area contributed by atoms with E-state index >= 15 is 0 Å². The molecule has 110 valence electrons. The van der Waals surface area contributed by atoms with Crippen molar-refractivity contribution >= 4 is 35.2 Å². The molecular weight excluding hydrogens is 302 g/mol. The number of aromatic hydroxyl groups is 1. The molecule has 2 aromatic rings. The molecule has 0 atom stereocenters. The molecule has 1 saturated heterocycles. The van der Waals surface area contributed by atoms with E-state index in [4.69, 9.17) is 11.6 Å². The molecule has 0 saturated carbocycles. The minimum atomic E-state index is -0.393. The predicted molar refractivity (Wildman–Crippen MR) is 84.6 cm³/mol. The third kappa shape index (κ3) is 2.61. The summed E-state index contributed by atoms with van der Waals surface area (Å²) in [6.07, 6.45) is 1.54. The lowest BCUT2D eigenvalue weighted by atomic mass is 10.1. The number of halogens is 1. The van der Waals surface area contributed by atoms with Crippen LogP contribution in [0.3, 0.4) is 0 Å². The number of carbonyl (C=O) groups is 2. The molecule has 0 spiro atoms. The first-order chi connectivity index (χ1) is 10.6. The van der Waals surface area contributed by atoms with Crippen LogP contribution in [0.5, 0.6) is 5.75 Å². The highest BCUT2D eigenvalue weighted by molar-refractivity contribution is 6.32. The summed E-state index contributed by atoms with van der Waals surface area (Å²) in [5, 5.41) is 10.2. The molecule has 2 amide bonds. The molecule has 0 unspecified atom stereocenters. The molecule has 1 aliphatic rings. The fourth-order valence-corrected chi connectivity index (χ4v) is 2.55. The maximum absolute atomic E-state index is 12.5. The Morgan fingerprint density at radius 1 is 1.09 bits per heavy atom. The Morgan fingerprint density at radius 2 is 1.86 bits per heavy atom. The van der Waals surface area contributed by atoms with E-state index in [0.29, 0.717) is 21.8 Å². The number of anilines is 1. The number of carbonyl (C=O) groups excluding carboxylic acids is 2. The van der Waals surface area contributed by atoms with Crippen molar-refractivity contribution < 1.29 is 14.7 Å². The fraction of sp³-hybridized carbons (Fsp3) is 0.0588. The normalized spacial score (nSPS) is 16.6. The van der Waals surface area contributed by atoms with Gasteiger partial charge in [0.15, 0.2) is 0 Å². The molecule has 4 nitrogen and oxygen atoms in total. The molecule has 0 radical (unpaired) electrons. The number of imide groups is 1. The Kier molecular flexibility index (Phi) is 3.69. The van der Waals surface area contributed by atoms with Crippen molar-refractivity contribution in [3.05, 3.63) is 64.7 Å². The summed E-state index contributed by atoms with van der Waals surface area (Å²) in [5.74, 6) is -0.638. The Morgan fingerprint density at radius 3 is 2.59 bits per heavy atom. The molecule has 1 fully saturated rings. The van der Waals surface area contributed by atoms with Crippen LogP contribution >= 0.6 is 11.6 Å². The van der Waals surface area contributed by atoms with E-state index < -0.39 is 5.91 Å². The minimum absolute atomic E-state index is 0.000317. The van der Waals surface area contributed by atoms with Gasteiger partial charge in [-0.2, -0.15) is 0 Å². The van der Waals surface area contributed by atoms with Crippen LogP contribution in [-0.4, -0.2) is 16.9 Å². The van der Waals surface area contributed by atoms with E-state index in [0.717, 1.165) is 4.90 Å². The minimum Gasteiger partial charge on any atom is -0.507 e. The highest BCUT2D eigenvalue weighted by Crippen LogP contribution is 2.30. The highest BCUT2D eigenvalue weighted by Gasteiger charge is 2.35. The molecule has 1 N–H and O–H groups in total. The van der Waals surface area contributed by atoms with E-state index in [1.807, 2.05) is 0 Å². The summed E-state index contributed by atoms with van der Waals surface area (Å²) in [6, 6.07) is 13.2. The zero-order chi connectivity index (χ0) is 15.7. The molecular formula is C17H12ClNO3. The predicted octanol–water partition coefficient (Wildman–Crippen LogP) is 3.39. The lowest BCUT2D eigenvalue weighted by Crippen LogP contribution is -2.28. The van der Waals surface area contributed by atoms with Gasteiger partial charge in [-0.05, 0) is 30.3 Å². The van der Waals surface area contributed by atoms with Crippen molar-refractivity contribution in [3.8, 4) is 5.75 Å². The Hall–Kier alpha value is -2.59. The van der Waals surface area contributed by atoms with Gasteiger partial charge in [0.25, 0.3) is 5.91 Å². The molecule has 1 heterocycles. The highest BCUT2D eigenvalue weighted by atomic mass is 35.5. The molecule has 1 aliphatic heterocycles. The number of hydrogen-bond donors (Lipinski definition) is 1. The van der Waals surface area contributed by atoms with Crippen molar-refractivity contribution in [2.45, 2.75) is 6.42 Å². The maximum Gasteiger partial charge on any atom is 0.261 e. The summed E-state index contributed by atoms with van der Waals surface area (Å²) in [5.41, 5.74) is 1.29. The van der Waals surface area contributed by atoms with Gasteiger partial charge in [-0.3, -0.25) is 9.59 Å². The topological polar surface area (TPSA) is 57.6 Å². The maximum atomic E-state index is 12.5. The lowest BCUT2D eigenvalue weighted by Gasteiger charge is -2.13. The molecule has 0 aromatic heterocycles. The Labute approximate surface area is 132 Å². The van der Waals surface area contributed by atoms with E-state index in [-0.39, 0.29) is 18.1 Å². The SMILES string of the molecule is O=C1C/C(=C/c2ccccc2O)C(=O)N1c1cccc(Cl)c1. The van der Waals surface area contributed by atoms with Crippen molar-refractivity contribution in [1.29, 1.82) is 0 Å². The van der Waals surface area contributed by atoms with E-state index in [2.05, 4.69) is 0 Å². The third-order valence-corrected chi connectivity index (χ3v) is 3.64. The zero-order valence-electron chi connectivity index (χ0n) is 11.5. The first-order valence-electron chi connectivity index (χ1n) is 6.67.